The normalized spacial score (nSPS) is 19.1. The molecule has 1 fully saturated rings. The Morgan fingerprint density at radius 3 is 3.00 bits per heavy atom. The zero-order valence-corrected chi connectivity index (χ0v) is 11.0. The molecule has 3 heterocycles. The highest BCUT2D eigenvalue weighted by Crippen LogP contribution is 2.33. The summed E-state index contributed by atoms with van der Waals surface area (Å²) in [5.74, 6) is 0.435. The van der Waals surface area contributed by atoms with Gasteiger partial charge in [-0.3, -0.25) is 9.89 Å². The SMILES string of the molecule is Cc1nc(C(=O)N2CCC[C@H]2c2[nH]ncc2C)co1. The first-order valence-electron chi connectivity index (χ1n) is 6.40. The van der Waals surface area contributed by atoms with Gasteiger partial charge in [0.15, 0.2) is 11.6 Å². The molecule has 0 spiro atoms. The number of nitrogens with one attached hydrogen (secondary N) is 1. The summed E-state index contributed by atoms with van der Waals surface area (Å²) in [6, 6.07) is 0.0620. The quantitative estimate of drug-likeness (QED) is 0.896. The first-order valence-corrected chi connectivity index (χ1v) is 6.40. The second kappa shape index (κ2) is 4.53. The van der Waals surface area contributed by atoms with Gasteiger partial charge in [0.1, 0.15) is 6.26 Å². The van der Waals surface area contributed by atoms with E-state index in [1.807, 2.05) is 11.8 Å². The lowest BCUT2D eigenvalue weighted by Gasteiger charge is -2.23. The smallest absolute Gasteiger partial charge is 0.276 e. The molecule has 1 amide bonds. The molecule has 0 saturated carbocycles. The maximum absolute atomic E-state index is 12.4. The van der Waals surface area contributed by atoms with E-state index in [2.05, 4.69) is 15.2 Å². The molecule has 1 aliphatic rings. The van der Waals surface area contributed by atoms with Gasteiger partial charge in [-0.05, 0) is 25.3 Å². The van der Waals surface area contributed by atoms with Crippen molar-refractivity contribution in [1.82, 2.24) is 20.1 Å². The van der Waals surface area contributed by atoms with E-state index in [1.165, 1.54) is 6.26 Å². The van der Waals surface area contributed by atoms with E-state index in [0.29, 0.717) is 11.6 Å². The minimum absolute atomic E-state index is 0.0620. The zero-order chi connectivity index (χ0) is 13.4. The summed E-state index contributed by atoms with van der Waals surface area (Å²) in [6.45, 7) is 4.48. The summed E-state index contributed by atoms with van der Waals surface area (Å²) in [5.41, 5.74) is 2.48. The summed E-state index contributed by atoms with van der Waals surface area (Å²) < 4.78 is 5.12. The fraction of sp³-hybridized carbons (Fsp3) is 0.462. The third kappa shape index (κ3) is 2.03. The van der Waals surface area contributed by atoms with Crippen molar-refractivity contribution >= 4 is 5.91 Å². The lowest BCUT2D eigenvalue weighted by atomic mass is 10.1. The van der Waals surface area contributed by atoms with Gasteiger partial charge in [0.2, 0.25) is 0 Å². The number of nitrogens with zero attached hydrogens (tertiary/aromatic N) is 3. The van der Waals surface area contributed by atoms with Crippen molar-refractivity contribution in [1.29, 1.82) is 0 Å². The summed E-state index contributed by atoms with van der Waals surface area (Å²) in [5, 5.41) is 7.04. The number of aromatic nitrogens is 3. The van der Waals surface area contributed by atoms with E-state index in [9.17, 15) is 4.79 Å². The average molecular weight is 260 g/mol. The second-order valence-electron chi connectivity index (χ2n) is 4.88. The van der Waals surface area contributed by atoms with Gasteiger partial charge in [0.05, 0.1) is 17.9 Å². The van der Waals surface area contributed by atoms with Crippen LogP contribution in [0.3, 0.4) is 0 Å². The third-order valence-corrected chi connectivity index (χ3v) is 3.55. The number of aromatic amines is 1. The van der Waals surface area contributed by atoms with Crippen LogP contribution in [0.15, 0.2) is 16.9 Å². The number of amides is 1. The van der Waals surface area contributed by atoms with Crippen LogP contribution in [-0.2, 0) is 0 Å². The number of hydrogen-bond donors (Lipinski definition) is 1. The van der Waals surface area contributed by atoms with Crippen molar-refractivity contribution in [2.24, 2.45) is 0 Å². The topological polar surface area (TPSA) is 75.0 Å². The molecule has 0 aromatic carbocycles. The zero-order valence-electron chi connectivity index (χ0n) is 11.0. The van der Waals surface area contributed by atoms with Crippen LogP contribution in [0.2, 0.25) is 0 Å². The lowest BCUT2D eigenvalue weighted by molar-refractivity contribution is 0.0726. The molecule has 1 saturated heterocycles. The predicted molar refractivity (Wildman–Crippen MR) is 67.6 cm³/mol. The second-order valence-corrected chi connectivity index (χ2v) is 4.88. The Hall–Kier alpha value is -2.11. The van der Waals surface area contributed by atoms with Crippen molar-refractivity contribution in [3.05, 3.63) is 35.3 Å². The highest BCUT2D eigenvalue weighted by Gasteiger charge is 2.33. The molecule has 19 heavy (non-hydrogen) atoms. The number of carbonyl (C=O) groups excluding carboxylic acids is 1. The van der Waals surface area contributed by atoms with Gasteiger partial charge >= 0.3 is 0 Å². The van der Waals surface area contributed by atoms with Crippen LogP contribution in [0.25, 0.3) is 0 Å². The number of rotatable bonds is 2. The van der Waals surface area contributed by atoms with Crippen LogP contribution < -0.4 is 0 Å². The molecular weight excluding hydrogens is 244 g/mol. The minimum Gasteiger partial charge on any atom is -0.448 e. The Kier molecular flexibility index (Phi) is 2.85. The van der Waals surface area contributed by atoms with Crippen LogP contribution in [0.4, 0.5) is 0 Å². The molecule has 1 atom stereocenters. The number of oxazole rings is 1. The molecular formula is C13H16N4O2. The standard InChI is InChI=1S/C13H16N4O2/c1-8-6-14-16-12(8)11-4-3-5-17(11)13(18)10-7-19-9(2)15-10/h6-7,11H,3-5H2,1-2H3,(H,14,16)/t11-/m0/s1. The molecule has 0 unspecified atom stereocenters. The van der Waals surface area contributed by atoms with Gasteiger partial charge in [0.25, 0.3) is 5.91 Å². The van der Waals surface area contributed by atoms with Crippen LogP contribution >= 0.6 is 0 Å². The van der Waals surface area contributed by atoms with Crippen LogP contribution in [0.5, 0.6) is 0 Å². The Bertz CT molecular complexity index is 601. The molecule has 1 aliphatic heterocycles. The molecule has 0 aliphatic carbocycles. The fourth-order valence-corrected chi connectivity index (χ4v) is 2.61. The molecule has 6 nitrogen and oxygen atoms in total. The van der Waals surface area contributed by atoms with E-state index in [-0.39, 0.29) is 11.9 Å². The molecule has 0 radical (unpaired) electrons. The number of aryl methyl sites for hydroxylation is 2. The van der Waals surface area contributed by atoms with Crippen molar-refractivity contribution in [2.45, 2.75) is 32.7 Å². The Labute approximate surface area is 110 Å². The number of H-pyrrole nitrogens is 1. The van der Waals surface area contributed by atoms with E-state index in [0.717, 1.165) is 30.6 Å². The number of hydrogen-bond acceptors (Lipinski definition) is 4. The van der Waals surface area contributed by atoms with Gasteiger partial charge in [-0.25, -0.2) is 4.98 Å². The largest absolute Gasteiger partial charge is 0.448 e. The predicted octanol–water partition coefficient (Wildman–Crippen LogP) is 1.99. The van der Waals surface area contributed by atoms with Crippen molar-refractivity contribution in [2.75, 3.05) is 6.54 Å². The molecule has 100 valence electrons. The molecule has 2 aromatic heterocycles. The van der Waals surface area contributed by atoms with Crippen molar-refractivity contribution in [3.63, 3.8) is 0 Å². The van der Waals surface area contributed by atoms with E-state index in [4.69, 9.17) is 4.42 Å². The Morgan fingerprint density at radius 1 is 1.53 bits per heavy atom. The van der Waals surface area contributed by atoms with E-state index >= 15 is 0 Å². The molecule has 2 aromatic rings. The number of carbonyl (C=O) groups is 1. The third-order valence-electron chi connectivity index (χ3n) is 3.55. The minimum atomic E-state index is -0.0756. The van der Waals surface area contributed by atoms with Crippen LogP contribution in [0.1, 0.15) is 46.5 Å². The highest BCUT2D eigenvalue weighted by atomic mass is 16.3. The lowest BCUT2D eigenvalue weighted by Crippen LogP contribution is -2.31. The highest BCUT2D eigenvalue weighted by molar-refractivity contribution is 5.92. The fourth-order valence-electron chi connectivity index (χ4n) is 2.61. The van der Waals surface area contributed by atoms with Gasteiger partial charge in [-0.2, -0.15) is 5.10 Å². The van der Waals surface area contributed by atoms with E-state index < -0.39 is 0 Å². The van der Waals surface area contributed by atoms with Crippen molar-refractivity contribution < 1.29 is 9.21 Å². The van der Waals surface area contributed by atoms with Gasteiger partial charge in [0, 0.05) is 13.5 Å². The number of likely N-dealkylation sites (tertiary alicyclic amines) is 1. The summed E-state index contributed by atoms with van der Waals surface area (Å²) in [4.78, 5) is 18.4. The average Bonchev–Trinajstić information content (AvgIpc) is 3.07. The summed E-state index contributed by atoms with van der Waals surface area (Å²) in [6.07, 6.45) is 5.15. The maximum atomic E-state index is 12.4. The first-order chi connectivity index (χ1) is 9.16. The van der Waals surface area contributed by atoms with Crippen LogP contribution in [0, 0.1) is 13.8 Å². The monoisotopic (exact) mass is 260 g/mol. The first kappa shape index (κ1) is 12.0. The Morgan fingerprint density at radius 2 is 2.37 bits per heavy atom. The molecule has 1 N–H and O–H groups in total. The van der Waals surface area contributed by atoms with Crippen molar-refractivity contribution in [3.8, 4) is 0 Å². The van der Waals surface area contributed by atoms with Gasteiger partial charge < -0.3 is 9.32 Å². The molecule has 0 bridgehead atoms. The Balaban J connectivity index is 1.88. The van der Waals surface area contributed by atoms with Gasteiger partial charge in [-0.1, -0.05) is 0 Å². The van der Waals surface area contributed by atoms with Crippen LogP contribution in [-0.4, -0.2) is 32.5 Å². The summed E-state index contributed by atoms with van der Waals surface area (Å²) >= 11 is 0. The molecule has 6 heteroatoms. The maximum Gasteiger partial charge on any atom is 0.276 e. The molecule has 3 rings (SSSR count). The van der Waals surface area contributed by atoms with E-state index in [1.54, 1.807) is 13.1 Å². The summed E-state index contributed by atoms with van der Waals surface area (Å²) in [7, 11) is 0. The van der Waals surface area contributed by atoms with Gasteiger partial charge in [-0.15, -0.1) is 0 Å².